The molecule has 1 aliphatic rings. The molecule has 5 heteroatoms. The van der Waals surface area contributed by atoms with Crippen molar-refractivity contribution in [2.45, 2.75) is 12.5 Å². The van der Waals surface area contributed by atoms with E-state index in [0.29, 0.717) is 13.1 Å². The zero-order valence-corrected chi connectivity index (χ0v) is 11.5. The smallest absolute Gasteiger partial charge is 0.320 e. The molecule has 0 aromatic heterocycles. The molecule has 5 nitrogen and oxygen atoms in total. The number of amides is 2. The highest BCUT2D eigenvalue weighted by atomic mass is 16.4. The lowest BCUT2D eigenvalue weighted by Gasteiger charge is -2.35. The molecule has 1 aromatic carbocycles. The molecule has 106 valence electrons. The Morgan fingerprint density at radius 3 is 2.85 bits per heavy atom. The van der Waals surface area contributed by atoms with Crippen molar-refractivity contribution in [2.24, 2.45) is 0 Å². The first kappa shape index (κ1) is 14.1. The summed E-state index contributed by atoms with van der Waals surface area (Å²) in [6.45, 7) is 4.69. The molecule has 2 rings (SSSR count). The SMILES string of the molecule is C=CCN(C)C(=O)N1Cc2ccccc2C(C(=O)O)C1. The first-order valence-corrected chi connectivity index (χ1v) is 6.46. The highest BCUT2D eigenvalue weighted by Crippen LogP contribution is 2.28. The van der Waals surface area contributed by atoms with Crippen molar-refractivity contribution in [2.75, 3.05) is 20.1 Å². The maximum absolute atomic E-state index is 12.3. The Bertz CT molecular complexity index is 542. The van der Waals surface area contributed by atoms with Gasteiger partial charge in [-0.15, -0.1) is 6.58 Å². The molecule has 0 bridgehead atoms. The van der Waals surface area contributed by atoms with Crippen LogP contribution in [0.5, 0.6) is 0 Å². The van der Waals surface area contributed by atoms with Crippen molar-refractivity contribution in [1.82, 2.24) is 9.80 Å². The number of hydrogen-bond donors (Lipinski definition) is 1. The Hall–Kier alpha value is -2.30. The van der Waals surface area contributed by atoms with E-state index in [9.17, 15) is 14.7 Å². The molecule has 0 saturated heterocycles. The Morgan fingerprint density at radius 2 is 2.20 bits per heavy atom. The lowest BCUT2D eigenvalue weighted by Crippen LogP contribution is -2.46. The number of rotatable bonds is 3. The van der Waals surface area contributed by atoms with Gasteiger partial charge < -0.3 is 14.9 Å². The minimum Gasteiger partial charge on any atom is -0.481 e. The summed E-state index contributed by atoms with van der Waals surface area (Å²) in [6.07, 6.45) is 1.64. The third kappa shape index (κ3) is 2.66. The molecule has 1 heterocycles. The Balaban J connectivity index is 2.26. The van der Waals surface area contributed by atoms with Crippen LogP contribution in [0, 0.1) is 0 Å². The number of likely N-dealkylation sites (N-methyl/N-ethyl adjacent to an activating group) is 1. The molecule has 1 unspecified atom stereocenters. The fourth-order valence-electron chi connectivity index (χ4n) is 2.48. The molecule has 1 N–H and O–H groups in total. The van der Waals surface area contributed by atoms with Gasteiger partial charge in [-0.1, -0.05) is 30.3 Å². The molecular weight excluding hydrogens is 256 g/mol. The summed E-state index contributed by atoms with van der Waals surface area (Å²) in [5.41, 5.74) is 1.70. The summed E-state index contributed by atoms with van der Waals surface area (Å²) in [4.78, 5) is 26.8. The lowest BCUT2D eigenvalue weighted by atomic mass is 9.90. The number of carbonyl (C=O) groups excluding carboxylic acids is 1. The number of carboxylic acids is 1. The van der Waals surface area contributed by atoms with Crippen LogP contribution >= 0.6 is 0 Å². The van der Waals surface area contributed by atoms with Gasteiger partial charge in [0.2, 0.25) is 0 Å². The quantitative estimate of drug-likeness (QED) is 0.856. The van der Waals surface area contributed by atoms with Gasteiger partial charge >= 0.3 is 12.0 Å². The van der Waals surface area contributed by atoms with Gasteiger partial charge in [0, 0.05) is 26.7 Å². The largest absolute Gasteiger partial charge is 0.481 e. The summed E-state index contributed by atoms with van der Waals surface area (Å²) in [5.74, 6) is -1.57. The summed E-state index contributed by atoms with van der Waals surface area (Å²) < 4.78 is 0. The van der Waals surface area contributed by atoms with Crippen molar-refractivity contribution in [3.05, 3.63) is 48.0 Å². The molecule has 2 amide bonds. The van der Waals surface area contributed by atoms with Gasteiger partial charge in [-0.05, 0) is 11.1 Å². The zero-order chi connectivity index (χ0) is 14.7. The van der Waals surface area contributed by atoms with Gasteiger partial charge in [0.1, 0.15) is 0 Å². The zero-order valence-electron chi connectivity index (χ0n) is 11.5. The average Bonchev–Trinajstić information content (AvgIpc) is 2.45. The summed E-state index contributed by atoms with van der Waals surface area (Å²) in [6, 6.07) is 7.21. The minimum absolute atomic E-state index is 0.175. The minimum atomic E-state index is -0.902. The highest BCUT2D eigenvalue weighted by molar-refractivity contribution is 5.80. The number of urea groups is 1. The van der Waals surface area contributed by atoms with Crippen LogP contribution in [0.1, 0.15) is 17.0 Å². The number of benzene rings is 1. The van der Waals surface area contributed by atoms with Crippen LogP contribution in [0.3, 0.4) is 0 Å². The summed E-state index contributed by atoms with van der Waals surface area (Å²) in [7, 11) is 1.68. The number of carbonyl (C=O) groups is 2. The van der Waals surface area contributed by atoms with Crippen LogP contribution in [-0.4, -0.2) is 47.0 Å². The maximum atomic E-state index is 12.3. The van der Waals surface area contributed by atoms with Crippen LogP contribution in [-0.2, 0) is 11.3 Å². The van der Waals surface area contributed by atoms with Gasteiger partial charge in [-0.2, -0.15) is 0 Å². The fourth-order valence-corrected chi connectivity index (χ4v) is 2.48. The van der Waals surface area contributed by atoms with Crippen LogP contribution in [0.2, 0.25) is 0 Å². The van der Waals surface area contributed by atoms with Crippen LogP contribution in [0.15, 0.2) is 36.9 Å². The molecule has 0 spiro atoms. The molecule has 20 heavy (non-hydrogen) atoms. The number of aliphatic carboxylic acids is 1. The Kier molecular flexibility index (Phi) is 4.08. The van der Waals surface area contributed by atoms with Crippen molar-refractivity contribution in [1.29, 1.82) is 0 Å². The molecule has 0 aliphatic carbocycles. The molecule has 0 radical (unpaired) electrons. The van der Waals surface area contributed by atoms with E-state index in [0.717, 1.165) is 11.1 Å². The molecule has 1 aliphatic heterocycles. The summed E-state index contributed by atoms with van der Waals surface area (Å²) >= 11 is 0. The van der Waals surface area contributed by atoms with Gasteiger partial charge in [-0.3, -0.25) is 4.79 Å². The molecule has 1 atom stereocenters. The van der Waals surface area contributed by atoms with E-state index in [4.69, 9.17) is 0 Å². The number of hydrogen-bond acceptors (Lipinski definition) is 2. The third-order valence-corrected chi connectivity index (χ3v) is 3.49. The van der Waals surface area contributed by atoms with Crippen molar-refractivity contribution < 1.29 is 14.7 Å². The monoisotopic (exact) mass is 274 g/mol. The van der Waals surface area contributed by atoms with E-state index in [-0.39, 0.29) is 12.6 Å². The van der Waals surface area contributed by atoms with Crippen molar-refractivity contribution in [3.63, 3.8) is 0 Å². The second-order valence-electron chi connectivity index (χ2n) is 4.92. The second-order valence-corrected chi connectivity index (χ2v) is 4.92. The van der Waals surface area contributed by atoms with E-state index in [1.807, 2.05) is 24.3 Å². The topological polar surface area (TPSA) is 60.9 Å². The average molecular weight is 274 g/mol. The van der Waals surface area contributed by atoms with Crippen molar-refractivity contribution in [3.8, 4) is 0 Å². The first-order valence-electron chi connectivity index (χ1n) is 6.46. The predicted octanol–water partition coefficient (Wildman–Crippen LogP) is 1.91. The van der Waals surface area contributed by atoms with Crippen LogP contribution in [0.25, 0.3) is 0 Å². The standard InChI is InChI=1S/C15H18N2O3/c1-3-8-16(2)15(20)17-9-11-6-4-5-7-12(11)13(10-17)14(18)19/h3-7,13H,1,8-10H2,2H3,(H,18,19). The lowest BCUT2D eigenvalue weighted by molar-refractivity contribution is -0.139. The van der Waals surface area contributed by atoms with E-state index in [1.165, 1.54) is 4.90 Å². The molecular formula is C15H18N2O3. The van der Waals surface area contributed by atoms with Gasteiger partial charge in [-0.25, -0.2) is 4.79 Å². The number of carboxylic acid groups (broad SMARTS) is 1. The first-order chi connectivity index (χ1) is 9.54. The van der Waals surface area contributed by atoms with Crippen molar-refractivity contribution >= 4 is 12.0 Å². The Morgan fingerprint density at radius 1 is 1.50 bits per heavy atom. The molecule has 0 saturated carbocycles. The van der Waals surface area contributed by atoms with Crippen LogP contribution in [0.4, 0.5) is 4.79 Å². The molecule has 1 aromatic rings. The fraction of sp³-hybridized carbons (Fsp3) is 0.333. The Labute approximate surface area is 118 Å². The van der Waals surface area contributed by atoms with Gasteiger partial charge in [0.25, 0.3) is 0 Å². The number of nitrogens with zero attached hydrogens (tertiary/aromatic N) is 2. The second kappa shape index (κ2) is 5.77. The van der Waals surface area contributed by atoms with E-state index in [1.54, 1.807) is 18.0 Å². The van der Waals surface area contributed by atoms with Crippen LogP contribution < -0.4 is 0 Å². The third-order valence-electron chi connectivity index (χ3n) is 3.49. The van der Waals surface area contributed by atoms with E-state index in [2.05, 4.69) is 6.58 Å². The van der Waals surface area contributed by atoms with E-state index < -0.39 is 11.9 Å². The van der Waals surface area contributed by atoms with Gasteiger partial charge in [0.15, 0.2) is 0 Å². The number of fused-ring (bicyclic) bond motifs is 1. The highest BCUT2D eigenvalue weighted by Gasteiger charge is 2.33. The molecule has 0 fully saturated rings. The van der Waals surface area contributed by atoms with E-state index >= 15 is 0 Å². The normalized spacial score (nSPS) is 17.2. The van der Waals surface area contributed by atoms with Gasteiger partial charge in [0.05, 0.1) is 5.92 Å². The maximum Gasteiger partial charge on any atom is 0.320 e. The summed E-state index contributed by atoms with van der Waals surface area (Å²) in [5, 5.41) is 9.36. The predicted molar refractivity (Wildman–Crippen MR) is 75.5 cm³/mol.